The van der Waals surface area contributed by atoms with Crippen LogP contribution in [0.4, 0.5) is 4.39 Å². The molecule has 0 spiro atoms. The molecule has 2 rings (SSSR count). The normalized spacial score (nSPS) is 12.4. The minimum Gasteiger partial charge on any atom is -0.305 e. The quantitative estimate of drug-likeness (QED) is 0.885. The van der Waals surface area contributed by atoms with E-state index in [4.69, 9.17) is 0 Å². The van der Waals surface area contributed by atoms with Crippen LogP contribution in [0.15, 0.2) is 42.6 Å². The van der Waals surface area contributed by atoms with Crippen LogP contribution in [0.1, 0.15) is 36.7 Å². The van der Waals surface area contributed by atoms with Gasteiger partial charge in [0.25, 0.3) is 0 Å². The monoisotopic (exact) mass is 258 g/mol. The van der Waals surface area contributed by atoms with Gasteiger partial charge in [0.15, 0.2) is 0 Å². The van der Waals surface area contributed by atoms with Crippen molar-refractivity contribution in [2.75, 3.05) is 0 Å². The summed E-state index contributed by atoms with van der Waals surface area (Å²) in [6.07, 6.45) is 2.80. The van der Waals surface area contributed by atoms with E-state index < -0.39 is 0 Å². The zero-order valence-electron chi connectivity index (χ0n) is 11.4. The highest BCUT2D eigenvalue weighted by atomic mass is 19.1. The summed E-state index contributed by atoms with van der Waals surface area (Å²) in [7, 11) is 0. The SMILES string of the molecule is CCc1cccnc1CNC(C)c1ccc(F)cc1. The van der Waals surface area contributed by atoms with Crippen molar-refractivity contribution in [3.63, 3.8) is 0 Å². The summed E-state index contributed by atoms with van der Waals surface area (Å²) in [5.41, 5.74) is 3.43. The predicted molar refractivity (Wildman–Crippen MR) is 75.3 cm³/mol. The number of hydrogen-bond acceptors (Lipinski definition) is 2. The Hall–Kier alpha value is -1.74. The van der Waals surface area contributed by atoms with Crippen LogP contribution in [0.3, 0.4) is 0 Å². The van der Waals surface area contributed by atoms with Gasteiger partial charge in [0.2, 0.25) is 0 Å². The first-order valence-corrected chi connectivity index (χ1v) is 6.62. The van der Waals surface area contributed by atoms with E-state index in [9.17, 15) is 4.39 Å². The number of hydrogen-bond donors (Lipinski definition) is 1. The third-order valence-electron chi connectivity index (χ3n) is 3.31. The number of aromatic nitrogens is 1. The Balaban J connectivity index is 2.00. The van der Waals surface area contributed by atoms with E-state index in [0.29, 0.717) is 0 Å². The van der Waals surface area contributed by atoms with Crippen LogP contribution in [-0.4, -0.2) is 4.98 Å². The summed E-state index contributed by atoms with van der Waals surface area (Å²) in [5.74, 6) is -0.200. The third-order valence-corrected chi connectivity index (χ3v) is 3.31. The molecule has 0 fully saturated rings. The van der Waals surface area contributed by atoms with Gasteiger partial charge in [-0.05, 0) is 42.7 Å². The highest BCUT2D eigenvalue weighted by Gasteiger charge is 2.07. The lowest BCUT2D eigenvalue weighted by atomic mass is 10.1. The summed E-state index contributed by atoms with van der Waals surface area (Å²) < 4.78 is 12.9. The van der Waals surface area contributed by atoms with Crippen LogP contribution >= 0.6 is 0 Å². The van der Waals surface area contributed by atoms with Crippen molar-refractivity contribution in [1.29, 1.82) is 0 Å². The Labute approximate surface area is 113 Å². The number of rotatable bonds is 5. The van der Waals surface area contributed by atoms with E-state index in [2.05, 4.69) is 30.2 Å². The molecule has 0 saturated heterocycles. The molecule has 0 amide bonds. The second kappa shape index (κ2) is 6.43. The van der Waals surface area contributed by atoms with Gasteiger partial charge < -0.3 is 5.32 Å². The van der Waals surface area contributed by atoms with Crippen molar-refractivity contribution in [3.8, 4) is 0 Å². The van der Waals surface area contributed by atoms with Crippen LogP contribution in [0.5, 0.6) is 0 Å². The molecule has 1 atom stereocenters. The van der Waals surface area contributed by atoms with Crippen molar-refractivity contribution < 1.29 is 4.39 Å². The van der Waals surface area contributed by atoms with Crippen LogP contribution in [-0.2, 0) is 13.0 Å². The number of nitrogens with one attached hydrogen (secondary N) is 1. The average molecular weight is 258 g/mol. The molecule has 1 aromatic carbocycles. The molecular formula is C16H19FN2. The van der Waals surface area contributed by atoms with Crippen molar-refractivity contribution in [3.05, 3.63) is 65.2 Å². The molecule has 1 N–H and O–H groups in total. The van der Waals surface area contributed by atoms with Crippen molar-refractivity contribution in [1.82, 2.24) is 10.3 Å². The molecule has 0 aliphatic carbocycles. The molecule has 1 aromatic heterocycles. The second-order valence-corrected chi connectivity index (χ2v) is 4.62. The van der Waals surface area contributed by atoms with Gasteiger partial charge in [0, 0.05) is 18.8 Å². The van der Waals surface area contributed by atoms with Gasteiger partial charge in [0.1, 0.15) is 5.82 Å². The van der Waals surface area contributed by atoms with Crippen LogP contribution in [0.25, 0.3) is 0 Å². The second-order valence-electron chi connectivity index (χ2n) is 4.62. The number of pyridine rings is 1. The first-order valence-electron chi connectivity index (χ1n) is 6.62. The highest BCUT2D eigenvalue weighted by Crippen LogP contribution is 2.14. The van der Waals surface area contributed by atoms with E-state index >= 15 is 0 Å². The Morgan fingerprint density at radius 1 is 1.21 bits per heavy atom. The van der Waals surface area contributed by atoms with Gasteiger partial charge in [-0.2, -0.15) is 0 Å². The van der Waals surface area contributed by atoms with E-state index in [0.717, 1.165) is 24.2 Å². The zero-order chi connectivity index (χ0) is 13.7. The number of halogens is 1. The van der Waals surface area contributed by atoms with Gasteiger partial charge in [-0.1, -0.05) is 25.1 Å². The van der Waals surface area contributed by atoms with E-state index in [-0.39, 0.29) is 11.9 Å². The Kier molecular flexibility index (Phi) is 4.63. The largest absolute Gasteiger partial charge is 0.305 e. The maximum Gasteiger partial charge on any atom is 0.123 e. The fourth-order valence-corrected chi connectivity index (χ4v) is 2.07. The molecule has 2 nitrogen and oxygen atoms in total. The molecule has 0 radical (unpaired) electrons. The van der Waals surface area contributed by atoms with Gasteiger partial charge in [0.05, 0.1) is 5.69 Å². The van der Waals surface area contributed by atoms with Gasteiger partial charge >= 0.3 is 0 Å². The van der Waals surface area contributed by atoms with Crippen LogP contribution in [0.2, 0.25) is 0 Å². The lowest BCUT2D eigenvalue weighted by Crippen LogP contribution is -2.19. The minimum atomic E-state index is -0.200. The lowest BCUT2D eigenvalue weighted by molar-refractivity contribution is 0.562. The molecule has 3 heteroatoms. The fraction of sp³-hybridized carbons (Fsp3) is 0.312. The number of benzene rings is 1. The van der Waals surface area contributed by atoms with Crippen molar-refractivity contribution >= 4 is 0 Å². The molecule has 0 aliphatic rings. The minimum absolute atomic E-state index is 0.173. The van der Waals surface area contributed by atoms with Crippen molar-refractivity contribution in [2.45, 2.75) is 32.9 Å². The summed E-state index contributed by atoms with van der Waals surface area (Å²) in [6, 6.07) is 10.8. The maximum atomic E-state index is 12.9. The van der Waals surface area contributed by atoms with Gasteiger partial charge in [-0.15, -0.1) is 0 Å². The number of nitrogens with zero attached hydrogens (tertiary/aromatic N) is 1. The first-order chi connectivity index (χ1) is 9.20. The molecule has 0 aliphatic heterocycles. The molecule has 19 heavy (non-hydrogen) atoms. The molecular weight excluding hydrogens is 239 g/mol. The summed E-state index contributed by atoms with van der Waals surface area (Å²) in [6.45, 7) is 4.92. The standard InChI is InChI=1S/C16H19FN2/c1-3-13-5-4-10-18-16(13)11-19-12(2)14-6-8-15(17)9-7-14/h4-10,12,19H,3,11H2,1-2H3. The Morgan fingerprint density at radius 2 is 1.95 bits per heavy atom. The smallest absolute Gasteiger partial charge is 0.123 e. The number of aryl methyl sites for hydroxylation is 1. The molecule has 0 saturated carbocycles. The zero-order valence-corrected chi connectivity index (χ0v) is 11.4. The molecule has 2 aromatic rings. The Morgan fingerprint density at radius 3 is 2.63 bits per heavy atom. The van der Waals surface area contributed by atoms with Crippen molar-refractivity contribution in [2.24, 2.45) is 0 Å². The van der Waals surface area contributed by atoms with Crippen LogP contribution < -0.4 is 5.32 Å². The highest BCUT2D eigenvalue weighted by molar-refractivity contribution is 5.21. The lowest BCUT2D eigenvalue weighted by Gasteiger charge is -2.15. The van der Waals surface area contributed by atoms with E-state index in [1.54, 1.807) is 0 Å². The molecule has 1 heterocycles. The predicted octanol–water partition coefficient (Wildman–Crippen LogP) is 3.63. The topological polar surface area (TPSA) is 24.9 Å². The third kappa shape index (κ3) is 3.61. The molecule has 100 valence electrons. The molecule has 1 unspecified atom stereocenters. The fourth-order valence-electron chi connectivity index (χ4n) is 2.07. The van der Waals surface area contributed by atoms with E-state index in [1.807, 2.05) is 24.4 Å². The van der Waals surface area contributed by atoms with Crippen LogP contribution in [0, 0.1) is 5.82 Å². The average Bonchev–Trinajstić information content (AvgIpc) is 2.45. The first kappa shape index (κ1) is 13.7. The van der Waals surface area contributed by atoms with Gasteiger partial charge in [-0.25, -0.2) is 4.39 Å². The van der Waals surface area contributed by atoms with Gasteiger partial charge in [-0.3, -0.25) is 4.98 Å². The summed E-state index contributed by atoms with van der Waals surface area (Å²) in [4.78, 5) is 4.41. The summed E-state index contributed by atoms with van der Waals surface area (Å²) >= 11 is 0. The molecule has 0 bridgehead atoms. The van der Waals surface area contributed by atoms with E-state index in [1.165, 1.54) is 17.7 Å². The summed E-state index contributed by atoms with van der Waals surface area (Å²) in [5, 5.41) is 3.42. The maximum absolute atomic E-state index is 12.9. The Bertz CT molecular complexity index is 523.